The highest BCUT2D eigenvalue weighted by atomic mass is 16.3. The molecule has 0 saturated carbocycles. The lowest BCUT2D eigenvalue weighted by molar-refractivity contribution is 0.475. The smallest absolute Gasteiger partial charge is 0.228 e. The number of hydrogen-bond acceptors (Lipinski definition) is 3. The molecule has 15 heavy (non-hydrogen) atoms. The normalized spacial score (nSPS) is 10.9. The van der Waals surface area contributed by atoms with E-state index in [1.807, 2.05) is 6.07 Å². The van der Waals surface area contributed by atoms with Gasteiger partial charge in [0, 0.05) is 17.8 Å². The van der Waals surface area contributed by atoms with Crippen molar-refractivity contribution in [1.29, 1.82) is 0 Å². The summed E-state index contributed by atoms with van der Waals surface area (Å²) in [7, 11) is 0. The molecule has 4 nitrogen and oxygen atoms in total. The molecule has 0 aliphatic rings. The Kier molecular flexibility index (Phi) is 1.56. The molecule has 2 N–H and O–H groups in total. The Bertz CT molecular complexity index is 564. The third-order valence-corrected chi connectivity index (χ3v) is 2.22. The molecule has 0 atom stereocenters. The zero-order valence-corrected chi connectivity index (χ0v) is 7.77. The summed E-state index contributed by atoms with van der Waals surface area (Å²) < 4.78 is 5.51. The predicted molar refractivity (Wildman–Crippen MR) is 55.5 cm³/mol. The number of nitrogens with zero attached hydrogens (tertiary/aromatic N) is 1. The molecular weight excluding hydrogens is 192 g/mol. The minimum absolute atomic E-state index is 0.232. The van der Waals surface area contributed by atoms with Gasteiger partial charge in [-0.3, -0.25) is 0 Å². The third-order valence-electron chi connectivity index (χ3n) is 2.22. The Labute approximate surface area is 85.2 Å². The second kappa shape index (κ2) is 2.88. The molecule has 4 heteroatoms. The van der Waals surface area contributed by atoms with Crippen LogP contribution in [0.2, 0.25) is 0 Å². The van der Waals surface area contributed by atoms with Gasteiger partial charge in [0.05, 0.1) is 0 Å². The van der Waals surface area contributed by atoms with Crippen LogP contribution in [0.25, 0.3) is 22.7 Å². The molecule has 1 aromatic carbocycles. The number of oxazole rings is 1. The van der Waals surface area contributed by atoms with Crippen LogP contribution in [0.3, 0.4) is 0 Å². The first-order chi connectivity index (χ1) is 7.33. The molecule has 0 aliphatic carbocycles. The molecule has 0 unspecified atom stereocenters. The second-order valence-corrected chi connectivity index (χ2v) is 3.26. The molecule has 0 fully saturated rings. The number of benzene rings is 1. The van der Waals surface area contributed by atoms with Gasteiger partial charge in [0.15, 0.2) is 11.2 Å². The molecular formula is C11H8N2O2. The summed E-state index contributed by atoms with van der Waals surface area (Å²) in [6, 6.07) is 8.56. The molecule has 0 spiro atoms. The number of nitrogens with one attached hydrogen (secondary N) is 1. The van der Waals surface area contributed by atoms with E-state index in [1.165, 1.54) is 0 Å². The summed E-state index contributed by atoms with van der Waals surface area (Å²) in [6.45, 7) is 0. The van der Waals surface area contributed by atoms with Gasteiger partial charge < -0.3 is 14.5 Å². The van der Waals surface area contributed by atoms with E-state index in [2.05, 4.69) is 9.97 Å². The van der Waals surface area contributed by atoms with Gasteiger partial charge in [0.25, 0.3) is 0 Å². The van der Waals surface area contributed by atoms with Crippen molar-refractivity contribution < 1.29 is 9.52 Å². The largest absolute Gasteiger partial charge is 0.508 e. The molecule has 74 valence electrons. The van der Waals surface area contributed by atoms with Crippen molar-refractivity contribution in [3.8, 4) is 17.2 Å². The van der Waals surface area contributed by atoms with E-state index in [0.29, 0.717) is 5.89 Å². The standard InChI is InChI=1S/C11H8N2O2/c14-8-3-1-7(2-4-8)11-13-10-9(15-11)5-6-12-10/h1-6,12,14H. The average molecular weight is 200 g/mol. The van der Waals surface area contributed by atoms with Crippen LogP contribution >= 0.6 is 0 Å². The number of aromatic nitrogens is 2. The van der Waals surface area contributed by atoms with E-state index < -0.39 is 0 Å². The van der Waals surface area contributed by atoms with E-state index >= 15 is 0 Å². The molecule has 3 rings (SSSR count). The topological polar surface area (TPSA) is 62.1 Å². The SMILES string of the molecule is Oc1ccc(-c2nc3[nH]ccc3o2)cc1. The maximum Gasteiger partial charge on any atom is 0.228 e. The maximum atomic E-state index is 9.15. The van der Waals surface area contributed by atoms with Crippen LogP contribution in [-0.2, 0) is 0 Å². The van der Waals surface area contributed by atoms with E-state index in [0.717, 1.165) is 16.8 Å². The van der Waals surface area contributed by atoms with Crippen LogP contribution in [0.5, 0.6) is 5.75 Å². The fourth-order valence-electron chi connectivity index (χ4n) is 1.47. The molecule has 2 aromatic heterocycles. The van der Waals surface area contributed by atoms with Crippen molar-refractivity contribution in [2.75, 3.05) is 0 Å². The van der Waals surface area contributed by atoms with E-state index in [-0.39, 0.29) is 5.75 Å². The van der Waals surface area contributed by atoms with Crippen LogP contribution < -0.4 is 0 Å². The number of phenolic OH excluding ortho intramolecular Hbond substituents is 1. The summed E-state index contributed by atoms with van der Waals surface area (Å²) >= 11 is 0. The van der Waals surface area contributed by atoms with Gasteiger partial charge >= 0.3 is 0 Å². The summed E-state index contributed by atoms with van der Waals surface area (Å²) in [5, 5.41) is 9.15. The van der Waals surface area contributed by atoms with Crippen molar-refractivity contribution in [3.63, 3.8) is 0 Å². The Morgan fingerprint density at radius 1 is 1.13 bits per heavy atom. The van der Waals surface area contributed by atoms with Gasteiger partial charge in [-0.25, -0.2) is 0 Å². The number of aromatic hydroxyl groups is 1. The molecule has 3 aromatic rings. The van der Waals surface area contributed by atoms with Gasteiger partial charge in [-0.2, -0.15) is 4.98 Å². The van der Waals surface area contributed by atoms with Crippen LogP contribution in [0.4, 0.5) is 0 Å². The Morgan fingerprint density at radius 3 is 2.67 bits per heavy atom. The van der Waals surface area contributed by atoms with Crippen LogP contribution in [-0.4, -0.2) is 15.1 Å². The first kappa shape index (κ1) is 8.11. The van der Waals surface area contributed by atoms with E-state index in [9.17, 15) is 0 Å². The number of fused-ring (bicyclic) bond motifs is 1. The van der Waals surface area contributed by atoms with Crippen LogP contribution in [0, 0.1) is 0 Å². The van der Waals surface area contributed by atoms with Crippen molar-refractivity contribution >= 4 is 11.2 Å². The second-order valence-electron chi connectivity index (χ2n) is 3.26. The number of aromatic amines is 1. The van der Waals surface area contributed by atoms with E-state index in [1.54, 1.807) is 30.5 Å². The van der Waals surface area contributed by atoms with E-state index in [4.69, 9.17) is 9.52 Å². The molecule has 0 saturated heterocycles. The van der Waals surface area contributed by atoms with Gasteiger partial charge in [0.2, 0.25) is 5.89 Å². The fourth-order valence-corrected chi connectivity index (χ4v) is 1.47. The number of H-pyrrole nitrogens is 1. The summed E-state index contributed by atoms with van der Waals surface area (Å²) in [5.41, 5.74) is 2.31. The van der Waals surface area contributed by atoms with Gasteiger partial charge in [-0.15, -0.1) is 0 Å². The van der Waals surface area contributed by atoms with Crippen molar-refractivity contribution in [2.45, 2.75) is 0 Å². The van der Waals surface area contributed by atoms with Crippen molar-refractivity contribution in [1.82, 2.24) is 9.97 Å². The van der Waals surface area contributed by atoms with Crippen LogP contribution in [0.1, 0.15) is 0 Å². The number of hydrogen-bond donors (Lipinski definition) is 2. The summed E-state index contributed by atoms with van der Waals surface area (Å²) in [4.78, 5) is 7.24. The summed E-state index contributed by atoms with van der Waals surface area (Å²) in [6.07, 6.45) is 1.78. The Balaban J connectivity index is 2.13. The van der Waals surface area contributed by atoms with Crippen LogP contribution in [0.15, 0.2) is 40.9 Å². The first-order valence-electron chi connectivity index (χ1n) is 4.56. The quantitative estimate of drug-likeness (QED) is 0.634. The average Bonchev–Trinajstić information content (AvgIpc) is 2.78. The van der Waals surface area contributed by atoms with Gasteiger partial charge in [-0.05, 0) is 24.3 Å². The zero-order valence-electron chi connectivity index (χ0n) is 7.77. The van der Waals surface area contributed by atoms with Crippen molar-refractivity contribution in [2.24, 2.45) is 0 Å². The highest BCUT2D eigenvalue weighted by molar-refractivity contribution is 5.72. The number of phenols is 1. The monoisotopic (exact) mass is 200 g/mol. The lowest BCUT2D eigenvalue weighted by atomic mass is 10.2. The molecule has 2 heterocycles. The summed E-state index contributed by atoms with van der Waals surface area (Å²) in [5.74, 6) is 0.785. The Hall–Kier alpha value is -2.23. The predicted octanol–water partition coefficient (Wildman–Crippen LogP) is 2.53. The lowest BCUT2D eigenvalue weighted by Gasteiger charge is -1.94. The molecule has 0 amide bonds. The van der Waals surface area contributed by atoms with Gasteiger partial charge in [0.1, 0.15) is 5.75 Å². The molecule has 0 bridgehead atoms. The molecule has 0 radical (unpaired) electrons. The highest BCUT2D eigenvalue weighted by Crippen LogP contribution is 2.24. The first-order valence-corrected chi connectivity index (χ1v) is 4.56. The Morgan fingerprint density at radius 2 is 1.93 bits per heavy atom. The minimum atomic E-state index is 0.232. The highest BCUT2D eigenvalue weighted by Gasteiger charge is 2.07. The number of rotatable bonds is 1. The lowest BCUT2D eigenvalue weighted by Crippen LogP contribution is -1.76. The van der Waals surface area contributed by atoms with Crippen molar-refractivity contribution in [3.05, 3.63) is 36.5 Å². The van der Waals surface area contributed by atoms with Gasteiger partial charge in [-0.1, -0.05) is 0 Å². The third kappa shape index (κ3) is 1.27. The zero-order chi connectivity index (χ0) is 10.3. The molecule has 0 aliphatic heterocycles. The maximum absolute atomic E-state index is 9.15. The fraction of sp³-hybridized carbons (Fsp3) is 0. The minimum Gasteiger partial charge on any atom is -0.508 e.